The van der Waals surface area contributed by atoms with Gasteiger partial charge in [-0.15, -0.1) is 5.10 Å². The number of thioether (sulfide) groups is 1. The third kappa shape index (κ3) is 3.53. The lowest BCUT2D eigenvalue weighted by molar-refractivity contribution is 0.586. The zero-order chi connectivity index (χ0) is 13.8. The Labute approximate surface area is 114 Å². The average Bonchev–Trinajstić information content (AvgIpc) is 2.80. The van der Waals surface area contributed by atoms with Crippen LogP contribution in [-0.4, -0.2) is 15.2 Å². The Balaban J connectivity index is 2.11. The maximum atomic E-state index is 13.6. The van der Waals surface area contributed by atoms with Crippen molar-refractivity contribution in [2.75, 3.05) is 0 Å². The van der Waals surface area contributed by atoms with Gasteiger partial charge in [-0.2, -0.15) is 0 Å². The molecular formula is C13H15F2N3S. The number of benzene rings is 1. The van der Waals surface area contributed by atoms with Crippen molar-refractivity contribution in [3.8, 4) is 0 Å². The normalized spacial score (nSPS) is 12.6. The van der Waals surface area contributed by atoms with Crippen LogP contribution in [0.5, 0.6) is 0 Å². The first-order chi connectivity index (χ1) is 9.10. The fourth-order valence-electron chi connectivity index (χ4n) is 1.73. The van der Waals surface area contributed by atoms with E-state index in [4.69, 9.17) is 0 Å². The summed E-state index contributed by atoms with van der Waals surface area (Å²) in [5.41, 5.74) is 0.326. The van der Waals surface area contributed by atoms with Gasteiger partial charge >= 0.3 is 0 Å². The van der Waals surface area contributed by atoms with Crippen molar-refractivity contribution in [1.29, 1.82) is 0 Å². The Morgan fingerprint density at radius 2 is 2.16 bits per heavy atom. The largest absolute Gasteiger partial charge is 0.262 e. The molecule has 2 rings (SSSR count). The smallest absolute Gasteiger partial charge is 0.209 e. The summed E-state index contributed by atoms with van der Waals surface area (Å²) in [7, 11) is 0. The Kier molecular flexibility index (Phi) is 4.52. The van der Waals surface area contributed by atoms with Crippen LogP contribution >= 0.6 is 11.8 Å². The first-order valence-electron chi connectivity index (χ1n) is 6.13. The van der Waals surface area contributed by atoms with Crippen LogP contribution in [-0.2, 0) is 6.42 Å². The molecule has 2 aromatic rings. The summed E-state index contributed by atoms with van der Waals surface area (Å²) in [6.45, 7) is 3.86. The molecule has 1 aromatic heterocycles. The molecule has 1 heterocycles. The van der Waals surface area contributed by atoms with Gasteiger partial charge < -0.3 is 0 Å². The summed E-state index contributed by atoms with van der Waals surface area (Å²) < 4.78 is 26.8. The van der Waals surface area contributed by atoms with Gasteiger partial charge in [-0.3, -0.25) is 5.10 Å². The second-order valence-electron chi connectivity index (χ2n) is 4.24. The molecule has 0 aliphatic rings. The number of nitrogens with one attached hydrogen (secondary N) is 1. The number of aromatic nitrogens is 3. The van der Waals surface area contributed by atoms with E-state index in [1.165, 1.54) is 17.8 Å². The fraction of sp³-hybridized carbons (Fsp3) is 0.385. The molecule has 0 radical (unpaired) electrons. The van der Waals surface area contributed by atoms with Crippen molar-refractivity contribution in [1.82, 2.24) is 15.2 Å². The zero-order valence-electron chi connectivity index (χ0n) is 10.8. The molecule has 0 spiro atoms. The van der Waals surface area contributed by atoms with Gasteiger partial charge in [0.25, 0.3) is 0 Å². The van der Waals surface area contributed by atoms with Crippen molar-refractivity contribution in [2.24, 2.45) is 0 Å². The molecule has 19 heavy (non-hydrogen) atoms. The highest BCUT2D eigenvalue weighted by Crippen LogP contribution is 2.34. The van der Waals surface area contributed by atoms with Crippen molar-refractivity contribution in [3.05, 3.63) is 41.2 Å². The molecule has 0 saturated heterocycles. The molecular weight excluding hydrogens is 268 g/mol. The van der Waals surface area contributed by atoms with Crippen molar-refractivity contribution in [3.63, 3.8) is 0 Å². The summed E-state index contributed by atoms with van der Waals surface area (Å²) >= 11 is 1.31. The predicted octanol–water partition coefficient (Wildman–Crippen LogP) is 3.89. The van der Waals surface area contributed by atoms with Crippen LogP contribution in [0, 0.1) is 11.6 Å². The SMILES string of the molecule is CCCc1nc(S[C@@H](C)c2cc(F)ccc2F)n[nH]1. The van der Waals surface area contributed by atoms with Gasteiger partial charge in [0.2, 0.25) is 5.16 Å². The number of nitrogens with zero attached hydrogens (tertiary/aromatic N) is 2. The van der Waals surface area contributed by atoms with Gasteiger partial charge in [-0.05, 0) is 31.5 Å². The molecule has 6 heteroatoms. The minimum atomic E-state index is -0.439. The topological polar surface area (TPSA) is 41.6 Å². The lowest BCUT2D eigenvalue weighted by Gasteiger charge is -2.10. The van der Waals surface area contributed by atoms with Gasteiger partial charge in [-0.25, -0.2) is 13.8 Å². The molecule has 1 atom stereocenters. The molecule has 0 bridgehead atoms. The van der Waals surface area contributed by atoms with E-state index < -0.39 is 11.6 Å². The number of aromatic amines is 1. The molecule has 0 amide bonds. The molecule has 1 N–H and O–H groups in total. The summed E-state index contributed by atoms with van der Waals surface area (Å²) in [6, 6.07) is 3.47. The van der Waals surface area contributed by atoms with E-state index in [0.717, 1.165) is 30.8 Å². The fourth-order valence-corrected chi connectivity index (χ4v) is 2.61. The minimum Gasteiger partial charge on any atom is -0.262 e. The van der Waals surface area contributed by atoms with Crippen LogP contribution in [0.25, 0.3) is 0 Å². The minimum absolute atomic E-state index is 0.249. The number of rotatable bonds is 5. The van der Waals surface area contributed by atoms with E-state index in [2.05, 4.69) is 22.1 Å². The van der Waals surface area contributed by atoms with Gasteiger partial charge in [0.15, 0.2) is 0 Å². The van der Waals surface area contributed by atoms with E-state index in [1.807, 2.05) is 0 Å². The van der Waals surface area contributed by atoms with Crippen LogP contribution in [0.4, 0.5) is 8.78 Å². The number of hydrogen-bond donors (Lipinski definition) is 1. The highest BCUT2D eigenvalue weighted by Gasteiger charge is 2.15. The zero-order valence-corrected chi connectivity index (χ0v) is 11.6. The van der Waals surface area contributed by atoms with Crippen LogP contribution < -0.4 is 0 Å². The van der Waals surface area contributed by atoms with Crippen LogP contribution in [0.2, 0.25) is 0 Å². The molecule has 0 unspecified atom stereocenters. The van der Waals surface area contributed by atoms with Crippen molar-refractivity contribution < 1.29 is 8.78 Å². The third-order valence-corrected chi connectivity index (χ3v) is 3.68. The van der Waals surface area contributed by atoms with E-state index in [-0.39, 0.29) is 5.25 Å². The number of halogens is 2. The molecule has 3 nitrogen and oxygen atoms in total. The second-order valence-corrected chi connectivity index (χ2v) is 5.55. The Morgan fingerprint density at radius 1 is 1.37 bits per heavy atom. The lowest BCUT2D eigenvalue weighted by Crippen LogP contribution is -1.95. The molecule has 0 aliphatic heterocycles. The molecule has 102 valence electrons. The monoisotopic (exact) mass is 283 g/mol. The van der Waals surface area contributed by atoms with E-state index in [1.54, 1.807) is 6.92 Å². The maximum Gasteiger partial charge on any atom is 0.209 e. The molecule has 0 saturated carbocycles. The Hall–Kier alpha value is -1.43. The van der Waals surface area contributed by atoms with E-state index >= 15 is 0 Å². The van der Waals surface area contributed by atoms with Gasteiger partial charge in [-0.1, -0.05) is 18.7 Å². The molecule has 0 fully saturated rings. The molecule has 0 aliphatic carbocycles. The first kappa shape index (κ1) is 14.0. The van der Waals surface area contributed by atoms with E-state index in [0.29, 0.717) is 10.7 Å². The summed E-state index contributed by atoms with van der Waals surface area (Å²) in [4.78, 5) is 4.30. The highest BCUT2D eigenvalue weighted by molar-refractivity contribution is 7.99. The number of hydrogen-bond acceptors (Lipinski definition) is 3. The Morgan fingerprint density at radius 3 is 2.89 bits per heavy atom. The first-order valence-corrected chi connectivity index (χ1v) is 7.01. The van der Waals surface area contributed by atoms with Gasteiger partial charge in [0, 0.05) is 17.2 Å². The van der Waals surface area contributed by atoms with Crippen LogP contribution in [0.1, 0.15) is 36.9 Å². The molecule has 1 aromatic carbocycles. The van der Waals surface area contributed by atoms with Crippen LogP contribution in [0.15, 0.2) is 23.4 Å². The highest BCUT2D eigenvalue weighted by atomic mass is 32.2. The van der Waals surface area contributed by atoms with Gasteiger partial charge in [0.05, 0.1) is 0 Å². The standard InChI is InChI=1S/C13H15F2N3S/c1-3-4-12-16-13(18-17-12)19-8(2)10-7-9(14)5-6-11(10)15/h5-8H,3-4H2,1-2H3,(H,16,17,18)/t8-/m0/s1. The number of aryl methyl sites for hydroxylation is 1. The third-order valence-electron chi connectivity index (χ3n) is 2.68. The lowest BCUT2D eigenvalue weighted by atomic mass is 10.1. The Bertz CT molecular complexity index is 557. The second kappa shape index (κ2) is 6.14. The summed E-state index contributed by atoms with van der Waals surface area (Å²) in [5, 5.41) is 7.21. The summed E-state index contributed by atoms with van der Waals surface area (Å²) in [6.07, 6.45) is 1.81. The van der Waals surface area contributed by atoms with Gasteiger partial charge in [0.1, 0.15) is 17.5 Å². The maximum absolute atomic E-state index is 13.6. The predicted molar refractivity (Wildman–Crippen MR) is 71.0 cm³/mol. The number of H-pyrrole nitrogens is 1. The van der Waals surface area contributed by atoms with E-state index in [9.17, 15) is 8.78 Å². The quantitative estimate of drug-likeness (QED) is 0.846. The van der Waals surface area contributed by atoms with Crippen molar-refractivity contribution >= 4 is 11.8 Å². The average molecular weight is 283 g/mol. The van der Waals surface area contributed by atoms with Crippen LogP contribution in [0.3, 0.4) is 0 Å². The summed E-state index contributed by atoms with van der Waals surface area (Å²) in [5.74, 6) is -0.0341. The van der Waals surface area contributed by atoms with Crippen molar-refractivity contribution in [2.45, 2.75) is 37.1 Å².